The zero-order valence-electron chi connectivity index (χ0n) is 10.2. The second kappa shape index (κ2) is 6.55. The van der Waals surface area contributed by atoms with E-state index in [1.807, 2.05) is 0 Å². The summed E-state index contributed by atoms with van der Waals surface area (Å²) < 4.78 is 13.1. The van der Waals surface area contributed by atoms with Gasteiger partial charge < -0.3 is 9.47 Å². The molecule has 2 saturated heterocycles. The Labute approximate surface area is 113 Å². The Morgan fingerprint density at radius 3 is 2.94 bits per heavy atom. The lowest BCUT2D eigenvalue weighted by Gasteiger charge is -2.26. The summed E-state index contributed by atoms with van der Waals surface area (Å²) in [6, 6.07) is 0. The second-order valence-electron chi connectivity index (χ2n) is 5.03. The lowest BCUT2D eigenvalue weighted by Crippen LogP contribution is -2.29. The van der Waals surface area contributed by atoms with E-state index in [4.69, 9.17) is 9.47 Å². The number of fused-ring (bicyclic) bond motifs is 1. The van der Waals surface area contributed by atoms with E-state index < -0.39 is 0 Å². The van der Waals surface area contributed by atoms with Gasteiger partial charge in [-0.05, 0) is 19.3 Å². The highest BCUT2D eigenvalue weighted by Gasteiger charge is 2.44. The quantitative estimate of drug-likeness (QED) is 0.432. The van der Waals surface area contributed by atoms with Crippen molar-refractivity contribution in [1.29, 1.82) is 0 Å². The van der Waals surface area contributed by atoms with E-state index in [0.717, 1.165) is 12.5 Å². The Morgan fingerprint density at radius 1 is 1.31 bits per heavy atom. The maximum atomic E-state index is 6.09. The molecule has 0 aromatic heterocycles. The molecule has 2 unspecified atom stereocenters. The van der Waals surface area contributed by atoms with Crippen LogP contribution >= 0.6 is 22.6 Å². The Bertz CT molecular complexity index is 210. The van der Waals surface area contributed by atoms with Crippen LogP contribution in [0, 0.1) is 11.8 Å². The van der Waals surface area contributed by atoms with Crippen LogP contribution in [0.2, 0.25) is 0 Å². The molecule has 3 heteroatoms. The van der Waals surface area contributed by atoms with Crippen LogP contribution in [0.15, 0.2) is 0 Å². The lowest BCUT2D eigenvalue weighted by atomic mass is 9.85. The van der Waals surface area contributed by atoms with Crippen LogP contribution in [0.3, 0.4) is 0 Å². The van der Waals surface area contributed by atoms with E-state index in [1.165, 1.54) is 43.0 Å². The number of rotatable bonds is 5. The summed E-state index contributed by atoms with van der Waals surface area (Å²) in [6.07, 6.45) is 8.31. The lowest BCUT2D eigenvalue weighted by molar-refractivity contribution is -0.167. The minimum absolute atomic E-state index is 0.125. The molecule has 2 nitrogen and oxygen atoms in total. The van der Waals surface area contributed by atoms with Crippen molar-refractivity contribution in [2.75, 3.05) is 11.0 Å². The highest BCUT2D eigenvalue weighted by molar-refractivity contribution is 14.1. The highest BCUT2D eigenvalue weighted by Crippen LogP contribution is 2.41. The van der Waals surface area contributed by atoms with Gasteiger partial charge in [-0.3, -0.25) is 0 Å². The summed E-state index contributed by atoms with van der Waals surface area (Å²) in [5.41, 5.74) is 0. The van der Waals surface area contributed by atoms with Gasteiger partial charge >= 0.3 is 0 Å². The number of alkyl halides is 1. The molecule has 2 rings (SSSR count). The zero-order chi connectivity index (χ0) is 11.4. The SMILES string of the molecule is CCCCC[C@@H]1OC2OCCCC2[C@H]1CI. The molecule has 2 aliphatic heterocycles. The molecular formula is C13H23IO2. The standard InChI is InChI=1S/C13H23IO2/c1-2-3-4-7-12-11(9-14)10-6-5-8-15-13(10)16-12/h10-13H,2-9H2,1H3/t10?,11-,12+,13?/m1/s1. The zero-order valence-corrected chi connectivity index (χ0v) is 12.3. The van der Waals surface area contributed by atoms with Crippen molar-refractivity contribution in [3.05, 3.63) is 0 Å². The van der Waals surface area contributed by atoms with E-state index in [9.17, 15) is 0 Å². The van der Waals surface area contributed by atoms with E-state index in [-0.39, 0.29) is 6.29 Å². The largest absolute Gasteiger partial charge is 0.352 e. The van der Waals surface area contributed by atoms with Crippen LogP contribution in [0.1, 0.15) is 45.4 Å². The van der Waals surface area contributed by atoms with Crippen molar-refractivity contribution in [2.45, 2.75) is 57.8 Å². The molecule has 0 amide bonds. The highest BCUT2D eigenvalue weighted by atomic mass is 127. The first-order chi connectivity index (χ1) is 7.86. The van der Waals surface area contributed by atoms with Gasteiger partial charge in [0, 0.05) is 22.9 Å². The van der Waals surface area contributed by atoms with Crippen molar-refractivity contribution >= 4 is 22.6 Å². The summed E-state index contributed by atoms with van der Waals surface area (Å²) in [5.74, 6) is 1.42. The fourth-order valence-electron chi connectivity index (χ4n) is 2.97. The van der Waals surface area contributed by atoms with Gasteiger partial charge in [-0.1, -0.05) is 48.8 Å². The van der Waals surface area contributed by atoms with Gasteiger partial charge in [0.2, 0.25) is 0 Å². The van der Waals surface area contributed by atoms with Crippen LogP contribution in [-0.2, 0) is 9.47 Å². The maximum absolute atomic E-state index is 6.09. The third-order valence-electron chi connectivity index (χ3n) is 3.92. The van der Waals surface area contributed by atoms with E-state index in [0.29, 0.717) is 12.0 Å². The molecule has 0 bridgehead atoms. The van der Waals surface area contributed by atoms with Gasteiger partial charge in [0.05, 0.1) is 6.10 Å². The normalized spacial score (nSPS) is 38.6. The van der Waals surface area contributed by atoms with Crippen LogP contribution in [0.25, 0.3) is 0 Å². The number of hydrogen-bond donors (Lipinski definition) is 0. The fourth-order valence-corrected chi connectivity index (χ4v) is 4.20. The van der Waals surface area contributed by atoms with Crippen LogP contribution in [0.5, 0.6) is 0 Å². The van der Waals surface area contributed by atoms with Crippen molar-refractivity contribution in [3.8, 4) is 0 Å². The Kier molecular flexibility index (Phi) is 5.36. The van der Waals surface area contributed by atoms with Crippen molar-refractivity contribution in [3.63, 3.8) is 0 Å². The van der Waals surface area contributed by atoms with Gasteiger partial charge in [-0.15, -0.1) is 0 Å². The predicted octanol–water partition coefficient (Wildman–Crippen LogP) is 3.77. The number of halogens is 1. The van der Waals surface area contributed by atoms with Gasteiger partial charge in [0.1, 0.15) is 0 Å². The minimum Gasteiger partial charge on any atom is -0.352 e. The fraction of sp³-hybridized carbons (Fsp3) is 1.00. The van der Waals surface area contributed by atoms with Gasteiger partial charge in [0.15, 0.2) is 6.29 Å². The van der Waals surface area contributed by atoms with Crippen molar-refractivity contribution in [2.24, 2.45) is 11.8 Å². The molecule has 4 atom stereocenters. The third-order valence-corrected chi connectivity index (χ3v) is 4.94. The molecule has 0 aromatic carbocycles. The molecule has 16 heavy (non-hydrogen) atoms. The maximum Gasteiger partial charge on any atom is 0.161 e. The predicted molar refractivity (Wildman–Crippen MR) is 73.9 cm³/mol. The molecule has 2 aliphatic rings. The Hall–Kier alpha value is 0.650. The van der Waals surface area contributed by atoms with E-state index >= 15 is 0 Å². The van der Waals surface area contributed by atoms with Crippen molar-refractivity contribution < 1.29 is 9.47 Å². The summed E-state index contributed by atoms with van der Waals surface area (Å²) in [7, 11) is 0. The average Bonchev–Trinajstić information content (AvgIpc) is 2.67. The molecule has 0 aliphatic carbocycles. The Morgan fingerprint density at radius 2 is 2.19 bits per heavy atom. The topological polar surface area (TPSA) is 18.5 Å². The molecule has 94 valence electrons. The number of hydrogen-bond acceptors (Lipinski definition) is 2. The van der Waals surface area contributed by atoms with Gasteiger partial charge in [-0.2, -0.15) is 0 Å². The molecule has 0 saturated carbocycles. The number of ether oxygens (including phenoxy) is 2. The van der Waals surface area contributed by atoms with Crippen LogP contribution in [-0.4, -0.2) is 23.4 Å². The third kappa shape index (κ3) is 2.91. The molecule has 0 aromatic rings. The average molecular weight is 338 g/mol. The van der Waals surface area contributed by atoms with Gasteiger partial charge in [0.25, 0.3) is 0 Å². The summed E-state index contributed by atoms with van der Waals surface area (Å²) in [5, 5.41) is 0. The Balaban J connectivity index is 1.87. The van der Waals surface area contributed by atoms with Gasteiger partial charge in [-0.25, -0.2) is 0 Å². The molecule has 2 fully saturated rings. The number of unbranched alkanes of at least 4 members (excludes halogenated alkanes) is 2. The first kappa shape index (κ1) is 13.1. The minimum atomic E-state index is 0.125. The second-order valence-corrected chi connectivity index (χ2v) is 5.91. The molecule has 0 radical (unpaired) electrons. The first-order valence-corrected chi connectivity index (χ1v) is 8.22. The molecule has 2 heterocycles. The van der Waals surface area contributed by atoms with E-state index in [2.05, 4.69) is 29.5 Å². The van der Waals surface area contributed by atoms with Crippen molar-refractivity contribution in [1.82, 2.24) is 0 Å². The summed E-state index contributed by atoms with van der Waals surface area (Å²) >= 11 is 2.52. The van der Waals surface area contributed by atoms with Crippen LogP contribution in [0.4, 0.5) is 0 Å². The summed E-state index contributed by atoms with van der Waals surface area (Å²) in [4.78, 5) is 0. The van der Waals surface area contributed by atoms with Crippen LogP contribution < -0.4 is 0 Å². The monoisotopic (exact) mass is 338 g/mol. The summed E-state index contributed by atoms with van der Waals surface area (Å²) in [6.45, 7) is 3.16. The first-order valence-electron chi connectivity index (χ1n) is 6.69. The molecule has 0 spiro atoms. The smallest absolute Gasteiger partial charge is 0.161 e. The molecule has 0 N–H and O–H groups in total. The molecular weight excluding hydrogens is 315 g/mol. The van der Waals surface area contributed by atoms with E-state index in [1.54, 1.807) is 0 Å².